The first-order chi connectivity index (χ1) is 12.7. The van der Waals surface area contributed by atoms with E-state index in [0.29, 0.717) is 5.69 Å². The molecule has 9 nitrogen and oxygen atoms in total. The second-order valence-electron chi connectivity index (χ2n) is 5.45. The number of pyridine rings is 1. The number of hydrogen-bond acceptors (Lipinski definition) is 7. The van der Waals surface area contributed by atoms with Gasteiger partial charge in [-0.3, -0.25) is 19.1 Å². The molecule has 0 aliphatic rings. The van der Waals surface area contributed by atoms with Crippen molar-refractivity contribution >= 4 is 22.7 Å². The molecular weight excluding hydrogens is 336 g/mol. The third kappa shape index (κ3) is 2.93. The number of nitrogens with one attached hydrogen (secondary N) is 1. The molecule has 0 spiro atoms. The van der Waals surface area contributed by atoms with Gasteiger partial charge in [-0.05, 0) is 11.6 Å². The van der Waals surface area contributed by atoms with Crippen molar-refractivity contribution in [2.24, 2.45) is 0 Å². The van der Waals surface area contributed by atoms with Gasteiger partial charge in [-0.25, -0.2) is 15.0 Å². The molecule has 0 atom stereocenters. The van der Waals surface area contributed by atoms with E-state index >= 15 is 0 Å². The monoisotopic (exact) mass is 348 g/mol. The van der Waals surface area contributed by atoms with Gasteiger partial charge in [0.15, 0.2) is 0 Å². The van der Waals surface area contributed by atoms with Crippen LogP contribution < -0.4 is 10.9 Å². The van der Waals surface area contributed by atoms with Crippen LogP contribution in [0.2, 0.25) is 0 Å². The molecule has 0 unspecified atom stereocenters. The van der Waals surface area contributed by atoms with Crippen LogP contribution in [0.15, 0.2) is 65.0 Å². The number of carbonyl (C=O) groups is 1. The molecule has 0 aliphatic carbocycles. The molecule has 0 aliphatic heterocycles. The van der Waals surface area contributed by atoms with E-state index in [1.54, 1.807) is 18.5 Å². The molecule has 128 valence electrons. The molecule has 0 saturated carbocycles. The van der Waals surface area contributed by atoms with Crippen molar-refractivity contribution in [2.75, 3.05) is 5.32 Å². The first-order valence-corrected chi connectivity index (χ1v) is 7.64. The number of anilines is 1. The van der Waals surface area contributed by atoms with E-state index in [-0.39, 0.29) is 28.8 Å². The zero-order valence-corrected chi connectivity index (χ0v) is 13.4. The normalized spacial score (nSPS) is 10.8. The Morgan fingerprint density at radius 3 is 2.81 bits per heavy atom. The molecule has 4 aromatic rings. The van der Waals surface area contributed by atoms with Crippen LogP contribution in [0.5, 0.6) is 0 Å². The van der Waals surface area contributed by atoms with Crippen LogP contribution in [-0.2, 0) is 6.54 Å². The molecule has 0 bridgehead atoms. The Hall–Kier alpha value is -3.88. The molecular formula is C17H12N6O3. The number of furan rings is 1. The number of carbonyl (C=O) groups excluding carboxylic acids is 1. The van der Waals surface area contributed by atoms with E-state index in [4.69, 9.17) is 4.42 Å². The standard InChI is InChI=1S/C17H12N6O3/c24-15(22-12-5-19-9-20-6-12)13-8-26-16-14(13)17(25)23(10-21-16)7-11-2-1-3-18-4-11/h1-6,8-10H,7H2,(H,22,24). The van der Waals surface area contributed by atoms with Crippen molar-refractivity contribution in [2.45, 2.75) is 6.54 Å². The van der Waals surface area contributed by atoms with E-state index in [0.717, 1.165) is 5.56 Å². The van der Waals surface area contributed by atoms with Crippen molar-refractivity contribution in [3.63, 3.8) is 0 Å². The average molecular weight is 348 g/mol. The highest BCUT2D eigenvalue weighted by Gasteiger charge is 2.19. The van der Waals surface area contributed by atoms with Crippen molar-refractivity contribution in [1.82, 2.24) is 24.5 Å². The number of nitrogens with zero attached hydrogens (tertiary/aromatic N) is 5. The van der Waals surface area contributed by atoms with Crippen LogP contribution >= 0.6 is 0 Å². The van der Waals surface area contributed by atoms with Gasteiger partial charge in [0.1, 0.15) is 24.3 Å². The van der Waals surface area contributed by atoms with E-state index in [9.17, 15) is 9.59 Å². The molecule has 0 aromatic carbocycles. The van der Waals surface area contributed by atoms with Crippen LogP contribution in [0, 0.1) is 0 Å². The maximum atomic E-state index is 12.8. The predicted octanol–water partition coefficient (Wildman–Crippen LogP) is 1.48. The lowest BCUT2D eigenvalue weighted by molar-refractivity contribution is 0.102. The SMILES string of the molecule is O=C(Nc1cncnc1)c1coc2ncn(Cc3cccnc3)c(=O)c12. The number of fused-ring (bicyclic) bond motifs is 1. The van der Waals surface area contributed by atoms with Crippen molar-refractivity contribution in [3.05, 3.63) is 77.3 Å². The molecule has 1 N–H and O–H groups in total. The number of hydrogen-bond donors (Lipinski definition) is 1. The number of aromatic nitrogens is 5. The molecule has 0 saturated heterocycles. The van der Waals surface area contributed by atoms with Gasteiger partial charge in [-0.2, -0.15) is 0 Å². The first kappa shape index (κ1) is 15.6. The molecule has 9 heteroatoms. The van der Waals surface area contributed by atoms with Crippen LogP contribution in [0.3, 0.4) is 0 Å². The number of amides is 1. The van der Waals surface area contributed by atoms with Gasteiger partial charge in [0.2, 0.25) is 5.71 Å². The maximum absolute atomic E-state index is 12.8. The Bertz CT molecular complexity index is 1120. The Labute approximate surface area is 146 Å². The van der Waals surface area contributed by atoms with Crippen molar-refractivity contribution < 1.29 is 9.21 Å². The van der Waals surface area contributed by atoms with Crippen LogP contribution in [0.1, 0.15) is 15.9 Å². The Balaban J connectivity index is 1.71. The molecule has 0 fully saturated rings. The molecule has 1 amide bonds. The van der Waals surface area contributed by atoms with Gasteiger partial charge in [0.25, 0.3) is 11.5 Å². The largest absolute Gasteiger partial charge is 0.445 e. The summed E-state index contributed by atoms with van der Waals surface area (Å²) in [4.78, 5) is 41.1. The van der Waals surface area contributed by atoms with Gasteiger partial charge in [-0.1, -0.05) is 6.07 Å². The van der Waals surface area contributed by atoms with Crippen LogP contribution in [-0.4, -0.2) is 30.4 Å². The van der Waals surface area contributed by atoms with Gasteiger partial charge >= 0.3 is 0 Å². The highest BCUT2D eigenvalue weighted by atomic mass is 16.3. The summed E-state index contributed by atoms with van der Waals surface area (Å²) in [6.45, 7) is 0.286. The number of rotatable bonds is 4. The zero-order chi connectivity index (χ0) is 17.9. The summed E-state index contributed by atoms with van der Waals surface area (Å²) in [7, 11) is 0. The highest BCUT2D eigenvalue weighted by Crippen LogP contribution is 2.17. The summed E-state index contributed by atoms with van der Waals surface area (Å²) in [6.07, 6.45) is 10.2. The predicted molar refractivity (Wildman–Crippen MR) is 91.6 cm³/mol. The quantitative estimate of drug-likeness (QED) is 0.594. The smallest absolute Gasteiger partial charge is 0.265 e. The second-order valence-corrected chi connectivity index (χ2v) is 5.45. The molecule has 0 radical (unpaired) electrons. The summed E-state index contributed by atoms with van der Waals surface area (Å²) >= 11 is 0. The third-order valence-corrected chi connectivity index (χ3v) is 3.70. The maximum Gasteiger partial charge on any atom is 0.265 e. The van der Waals surface area contributed by atoms with E-state index in [1.165, 1.54) is 35.9 Å². The average Bonchev–Trinajstić information content (AvgIpc) is 3.11. The minimum absolute atomic E-state index is 0.0990. The summed E-state index contributed by atoms with van der Waals surface area (Å²) in [5, 5.41) is 2.74. The second kappa shape index (κ2) is 6.55. The van der Waals surface area contributed by atoms with Gasteiger partial charge in [0.05, 0.1) is 30.2 Å². The Morgan fingerprint density at radius 1 is 1.19 bits per heavy atom. The lowest BCUT2D eigenvalue weighted by atomic mass is 10.2. The fraction of sp³-hybridized carbons (Fsp3) is 0.0588. The van der Waals surface area contributed by atoms with Gasteiger partial charge < -0.3 is 9.73 Å². The summed E-state index contributed by atoms with van der Waals surface area (Å²) in [6, 6.07) is 3.63. The summed E-state index contributed by atoms with van der Waals surface area (Å²) in [5.41, 5.74) is 1.08. The molecule has 26 heavy (non-hydrogen) atoms. The van der Waals surface area contributed by atoms with E-state index < -0.39 is 5.91 Å². The lowest BCUT2D eigenvalue weighted by Crippen LogP contribution is -2.23. The molecule has 4 rings (SSSR count). The highest BCUT2D eigenvalue weighted by molar-refractivity contribution is 6.11. The Kier molecular flexibility index (Phi) is 3.94. The van der Waals surface area contributed by atoms with Gasteiger partial charge in [0, 0.05) is 12.4 Å². The minimum atomic E-state index is -0.503. The Morgan fingerprint density at radius 2 is 2.04 bits per heavy atom. The molecule has 4 heterocycles. The van der Waals surface area contributed by atoms with E-state index in [2.05, 4.69) is 25.3 Å². The third-order valence-electron chi connectivity index (χ3n) is 3.70. The van der Waals surface area contributed by atoms with Crippen molar-refractivity contribution in [1.29, 1.82) is 0 Å². The van der Waals surface area contributed by atoms with Crippen LogP contribution in [0.25, 0.3) is 11.1 Å². The van der Waals surface area contributed by atoms with E-state index in [1.807, 2.05) is 6.07 Å². The lowest BCUT2D eigenvalue weighted by Gasteiger charge is -2.05. The molecule has 4 aromatic heterocycles. The van der Waals surface area contributed by atoms with Crippen LogP contribution in [0.4, 0.5) is 5.69 Å². The topological polar surface area (TPSA) is 116 Å². The fourth-order valence-electron chi connectivity index (χ4n) is 2.50. The zero-order valence-electron chi connectivity index (χ0n) is 13.4. The summed E-state index contributed by atoms with van der Waals surface area (Å²) < 4.78 is 6.67. The minimum Gasteiger partial charge on any atom is -0.445 e. The first-order valence-electron chi connectivity index (χ1n) is 7.64. The van der Waals surface area contributed by atoms with Crippen molar-refractivity contribution in [3.8, 4) is 0 Å². The summed E-state index contributed by atoms with van der Waals surface area (Å²) in [5.74, 6) is -0.503. The van der Waals surface area contributed by atoms with Gasteiger partial charge in [-0.15, -0.1) is 0 Å². The fourth-order valence-corrected chi connectivity index (χ4v) is 2.50.